The fraction of sp³-hybridized carbons (Fsp3) is 0.556. The Bertz CT molecular complexity index is 675. The highest BCUT2D eigenvalue weighted by Gasteiger charge is 2.40. The number of hydrogen-bond acceptors (Lipinski definition) is 2. The Morgan fingerprint density at radius 2 is 1.92 bits per heavy atom. The van der Waals surface area contributed by atoms with E-state index < -0.39 is 17.6 Å². The Balaban J connectivity index is 1.81. The Morgan fingerprint density at radius 1 is 1.20 bits per heavy atom. The molecular weight excluding hydrogens is 333 g/mol. The maximum absolute atomic E-state index is 13.2. The minimum atomic E-state index is -4.56. The quantitative estimate of drug-likeness (QED) is 0.777. The highest BCUT2D eigenvalue weighted by Crippen LogP contribution is 2.34. The van der Waals surface area contributed by atoms with Crippen LogP contribution in [0.15, 0.2) is 24.3 Å². The molecule has 3 rings (SSSR count). The van der Waals surface area contributed by atoms with Gasteiger partial charge >= 0.3 is 6.18 Å². The first-order valence-corrected chi connectivity index (χ1v) is 8.50. The second-order valence-electron chi connectivity index (χ2n) is 6.81. The van der Waals surface area contributed by atoms with Gasteiger partial charge in [-0.2, -0.15) is 13.2 Å². The number of carbonyl (C=O) groups excluding carboxylic acids is 2. The van der Waals surface area contributed by atoms with Crippen LogP contribution >= 0.6 is 0 Å². The lowest BCUT2D eigenvalue weighted by Gasteiger charge is -2.41. The Hall–Kier alpha value is -2.05. The van der Waals surface area contributed by atoms with E-state index in [4.69, 9.17) is 0 Å². The second-order valence-corrected chi connectivity index (χ2v) is 6.81. The number of fused-ring (bicyclic) bond motifs is 1. The summed E-state index contributed by atoms with van der Waals surface area (Å²) >= 11 is 0. The van der Waals surface area contributed by atoms with Crippen LogP contribution in [0.4, 0.5) is 13.2 Å². The number of nitrogens with zero attached hydrogens (tertiary/aromatic N) is 2. The lowest BCUT2D eigenvalue weighted by atomic mass is 9.88. The number of piperidine rings is 1. The van der Waals surface area contributed by atoms with E-state index in [1.807, 2.05) is 0 Å². The van der Waals surface area contributed by atoms with Crippen LogP contribution in [0.1, 0.15) is 41.6 Å². The minimum Gasteiger partial charge on any atom is -0.342 e. The summed E-state index contributed by atoms with van der Waals surface area (Å²) in [6.07, 6.45) is -1.89. The molecule has 0 N–H and O–H groups in total. The summed E-state index contributed by atoms with van der Waals surface area (Å²) in [5.74, 6) is -0.355. The minimum absolute atomic E-state index is 0.0666. The SMILES string of the molecule is CN1C(=O)CCC[C@@H]2CN(C(=O)c3ccccc3C(F)(F)F)CC[C@H]21. The summed E-state index contributed by atoms with van der Waals surface area (Å²) in [6.45, 7) is 0.761. The summed E-state index contributed by atoms with van der Waals surface area (Å²) in [5.41, 5.74) is -1.19. The highest BCUT2D eigenvalue weighted by molar-refractivity contribution is 5.96. The number of benzene rings is 1. The van der Waals surface area contributed by atoms with Gasteiger partial charge in [0.1, 0.15) is 0 Å². The van der Waals surface area contributed by atoms with Crippen molar-refractivity contribution < 1.29 is 22.8 Å². The average Bonchev–Trinajstić information content (AvgIpc) is 2.72. The van der Waals surface area contributed by atoms with Gasteiger partial charge in [0.15, 0.2) is 0 Å². The summed E-state index contributed by atoms with van der Waals surface area (Å²) in [7, 11) is 1.78. The molecule has 2 aliphatic heterocycles. The standard InChI is InChI=1S/C18H21F3N2O2/c1-22-15-9-10-23(11-12(15)5-4-8-16(22)24)17(25)13-6-2-3-7-14(13)18(19,20)21/h2-3,6-7,12,15H,4-5,8-11H2,1H3/t12-,15-/m1/s1. The fourth-order valence-corrected chi connectivity index (χ4v) is 3.96. The molecule has 2 heterocycles. The molecule has 2 atom stereocenters. The van der Waals surface area contributed by atoms with Gasteiger partial charge in [-0.25, -0.2) is 0 Å². The molecule has 0 saturated carbocycles. The van der Waals surface area contributed by atoms with Crippen LogP contribution in [0, 0.1) is 5.92 Å². The first kappa shape index (κ1) is 17.8. The fourth-order valence-electron chi connectivity index (χ4n) is 3.96. The zero-order chi connectivity index (χ0) is 18.2. The van der Waals surface area contributed by atoms with Gasteiger partial charge in [0.25, 0.3) is 5.91 Å². The van der Waals surface area contributed by atoms with Crippen LogP contribution in [0.5, 0.6) is 0 Å². The molecule has 2 fully saturated rings. The molecule has 1 aromatic rings. The smallest absolute Gasteiger partial charge is 0.342 e. The Labute approximate surface area is 144 Å². The molecule has 0 unspecified atom stereocenters. The molecule has 0 bridgehead atoms. The summed E-state index contributed by atoms with van der Waals surface area (Å²) < 4.78 is 39.5. The van der Waals surface area contributed by atoms with Crippen LogP contribution in [-0.4, -0.2) is 47.8 Å². The van der Waals surface area contributed by atoms with Gasteiger partial charge < -0.3 is 9.80 Å². The van der Waals surface area contributed by atoms with Crippen LogP contribution in [-0.2, 0) is 11.0 Å². The van der Waals surface area contributed by atoms with Crippen molar-refractivity contribution in [1.29, 1.82) is 0 Å². The van der Waals surface area contributed by atoms with E-state index >= 15 is 0 Å². The molecule has 0 aromatic heterocycles. The highest BCUT2D eigenvalue weighted by atomic mass is 19.4. The Kier molecular flexibility index (Phi) is 4.75. The molecule has 1 aromatic carbocycles. The van der Waals surface area contributed by atoms with E-state index in [1.165, 1.54) is 23.1 Å². The van der Waals surface area contributed by atoms with Crippen LogP contribution in [0.2, 0.25) is 0 Å². The van der Waals surface area contributed by atoms with Gasteiger partial charge in [-0.1, -0.05) is 12.1 Å². The van der Waals surface area contributed by atoms with Gasteiger partial charge in [0, 0.05) is 32.6 Å². The number of hydrogen-bond donors (Lipinski definition) is 0. The van der Waals surface area contributed by atoms with Crippen molar-refractivity contribution in [2.24, 2.45) is 5.92 Å². The van der Waals surface area contributed by atoms with Crippen molar-refractivity contribution in [3.63, 3.8) is 0 Å². The van der Waals surface area contributed by atoms with E-state index in [0.29, 0.717) is 25.9 Å². The second kappa shape index (κ2) is 6.69. The molecule has 25 heavy (non-hydrogen) atoms. The first-order valence-electron chi connectivity index (χ1n) is 8.50. The van der Waals surface area contributed by atoms with Gasteiger partial charge in [0.05, 0.1) is 11.1 Å². The normalized spacial score (nSPS) is 24.7. The van der Waals surface area contributed by atoms with Crippen LogP contribution in [0.3, 0.4) is 0 Å². The lowest BCUT2D eigenvalue weighted by Crippen LogP contribution is -2.52. The van der Waals surface area contributed by atoms with Crippen molar-refractivity contribution in [3.8, 4) is 0 Å². The van der Waals surface area contributed by atoms with Crippen molar-refractivity contribution >= 4 is 11.8 Å². The third kappa shape index (κ3) is 3.50. The number of carbonyl (C=O) groups is 2. The number of amides is 2. The van der Waals surface area contributed by atoms with Crippen LogP contribution in [0.25, 0.3) is 0 Å². The molecule has 0 radical (unpaired) electrons. The van der Waals surface area contributed by atoms with Crippen molar-refractivity contribution in [3.05, 3.63) is 35.4 Å². The average molecular weight is 354 g/mol. The zero-order valence-corrected chi connectivity index (χ0v) is 14.1. The lowest BCUT2D eigenvalue weighted by molar-refractivity contribution is -0.138. The largest absolute Gasteiger partial charge is 0.417 e. The molecule has 2 saturated heterocycles. The van der Waals surface area contributed by atoms with Crippen molar-refractivity contribution in [1.82, 2.24) is 9.80 Å². The topological polar surface area (TPSA) is 40.6 Å². The number of halogens is 3. The van der Waals surface area contributed by atoms with E-state index in [-0.39, 0.29) is 23.4 Å². The summed E-state index contributed by atoms with van der Waals surface area (Å²) in [6, 6.07) is 4.99. The van der Waals surface area contributed by atoms with E-state index in [9.17, 15) is 22.8 Å². The third-order valence-corrected chi connectivity index (χ3v) is 5.30. The van der Waals surface area contributed by atoms with E-state index in [0.717, 1.165) is 18.9 Å². The van der Waals surface area contributed by atoms with E-state index in [1.54, 1.807) is 11.9 Å². The van der Waals surface area contributed by atoms with Gasteiger partial charge in [-0.15, -0.1) is 0 Å². The maximum Gasteiger partial charge on any atom is 0.417 e. The molecular formula is C18H21F3N2O2. The molecule has 0 aliphatic carbocycles. The molecule has 0 spiro atoms. The summed E-state index contributed by atoms with van der Waals surface area (Å²) in [5, 5.41) is 0. The predicted molar refractivity (Wildman–Crippen MR) is 85.9 cm³/mol. The van der Waals surface area contributed by atoms with Crippen LogP contribution < -0.4 is 0 Å². The summed E-state index contributed by atoms with van der Waals surface area (Å²) in [4.78, 5) is 28.0. The van der Waals surface area contributed by atoms with Crippen molar-refractivity contribution in [2.75, 3.05) is 20.1 Å². The van der Waals surface area contributed by atoms with Gasteiger partial charge in [0.2, 0.25) is 5.91 Å². The Morgan fingerprint density at radius 3 is 2.64 bits per heavy atom. The van der Waals surface area contributed by atoms with Gasteiger partial charge in [-0.3, -0.25) is 9.59 Å². The van der Waals surface area contributed by atoms with E-state index in [2.05, 4.69) is 0 Å². The molecule has 2 aliphatic rings. The molecule has 2 amide bonds. The van der Waals surface area contributed by atoms with Gasteiger partial charge in [-0.05, 0) is 37.3 Å². The first-order chi connectivity index (χ1) is 11.8. The molecule has 4 nitrogen and oxygen atoms in total. The monoisotopic (exact) mass is 354 g/mol. The number of likely N-dealkylation sites (tertiary alicyclic amines) is 2. The predicted octanol–water partition coefficient (Wildman–Crippen LogP) is 3.18. The maximum atomic E-state index is 13.2. The number of alkyl halides is 3. The third-order valence-electron chi connectivity index (χ3n) is 5.30. The number of rotatable bonds is 1. The van der Waals surface area contributed by atoms with Crippen molar-refractivity contribution in [2.45, 2.75) is 37.9 Å². The molecule has 136 valence electrons. The zero-order valence-electron chi connectivity index (χ0n) is 14.1. The molecule has 7 heteroatoms.